The van der Waals surface area contributed by atoms with Gasteiger partial charge in [-0.1, -0.05) is 0 Å². The summed E-state index contributed by atoms with van der Waals surface area (Å²) in [6.45, 7) is 1.16. The summed E-state index contributed by atoms with van der Waals surface area (Å²) >= 11 is 0. The molecule has 38 heavy (non-hydrogen) atoms. The summed E-state index contributed by atoms with van der Waals surface area (Å²) < 4.78 is 51.0. The highest BCUT2D eigenvalue weighted by Crippen LogP contribution is 2.33. The van der Waals surface area contributed by atoms with Crippen LogP contribution in [0.15, 0.2) is 53.6 Å². The Morgan fingerprint density at radius 1 is 1.11 bits per heavy atom. The van der Waals surface area contributed by atoms with Crippen LogP contribution >= 0.6 is 0 Å². The monoisotopic (exact) mass is 534 g/mol. The number of hydrogen-bond donors (Lipinski definition) is 4. The zero-order valence-electron chi connectivity index (χ0n) is 19.8. The number of aromatic hydroxyl groups is 1. The van der Waals surface area contributed by atoms with Gasteiger partial charge in [-0.05, 0) is 43.3 Å². The zero-order valence-corrected chi connectivity index (χ0v) is 19.8. The first-order valence-electron chi connectivity index (χ1n) is 11.2. The van der Waals surface area contributed by atoms with Gasteiger partial charge < -0.3 is 25.1 Å². The molecule has 0 atom stereocenters. The van der Waals surface area contributed by atoms with E-state index in [1.165, 1.54) is 16.7 Å². The molecule has 3 aromatic heterocycles. The lowest BCUT2D eigenvalue weighted by molar-refractivity contribution is -0.192. The molecule has 0 fully saturated rings. The number of nitrogens with zero attached hydrogens (tertiary/aromatic N) is 4. The van der Waals surface area contributed by atoms with Crippen LogP contribution in [0.2, 0.25) is 0 Å². The highest BCUT2D eigenvalue weighted by molar-refractivity contribution is 5.96. The molecule has 10 nitrogen and oxygen atoms in total. The van der Waals surface area contributed by atoms with Crippen LogP contribution in [0.1, 0.15) is 6.42 Å². The summed E-state index contributed by atoms with van der Waals surface area (Å²) in [5.74, 6) is -2.60. The summed E-state index contributed by atoms with van der Waals surface area (Å²) in [5.41, 5.74) is 8.14. The van der Waals surface area contributed by atoms with Crippen molar-refractivity contribution >= 4 is 27.8 Å². The number of nitrogens with two attached hydrogens (primary N) is 1. The Bertz CT molecular complexity index is 1700. The minimum Gasteiger partial charge on any atom is -0.508 e. The highest BCUT2D eigenvalue weighted by Gasteiger charge is 2.38. The molecular weight excluding hydrogens is 512 g/mol. The molecule has 0 unspecified atom stereocenters. The van der Waals surface area contributed by atoms with Crippen molar-refractivity contribution in [1.29, 1.82) is 0 Å². The van der Waals surface area contributed by atoms with Gasteiger partial charge in [-0.25, -0.2) is 23.6 Å². The van der Waals surface area contributed by atoms with Gasteiger partial charge in [-0.15, -0.1) is 0 Å². The first-order valence-corrected chi connectivity index (χ1v) is 11.2. The number of alkyl halides is 3. The normalized spacial score (nSPS) is 11.6. The van der Waals surface area contributed by atoms with Crippen LogP contribution in [0.25, 0.3) is 38.9 Å². The molecule has 0 saturated carbocycles. The average molecular weight is 534 g/mol. The number of benzene rings is 2. The fourth-order valence-corrected chi connectivity index (χ4v) is 4.13. The lowest BCUT2D eigenvalue weighted by atomic mass is 10.1. The van der Waals surface area contributed by atoms with E-state index in [2.05, 4.69) is 10.2 Å². The van der Waals surface area contributed by atoms with Crippen molar-refractivity contribution in [2.45, 2.75) is 19.1 Å². The van der Waals surface area contributed by atoms with Crippen LogP contribution in [0.3, 0.4) is 0 Å². The number of carbonyl (C=O) groups is 1. The van der Waals surface area contributed by atoms with Crippen molar-refractivity contribution in [2.75, 3.05) is 6.54 Å². The molecule has 0 bridgehead atoms. The molecule has 0 amide bonds. The fourth-order valence-electron chi connectivity index (χ4n) is 4.13. The Morgan fingerprint density at radius 3 is 2.47 bits per heavy atom. The van der Waals surface area contributed by atoms with Gasteiger partial charge in [-0.2, -0.15) is 18.3 Å². The van der Waals surface area contributed by atoms with E-state index in [0.717, 1.165) is 22.8 Å². The molecule has 0 spiro atoms. The smallest absolute Gasteiger partial charge is 0.490 e. The maximum atomic E-state index is 14.0. The number of aromatic nitrogens is 5. The third-order valence-corrected chi connectivity index (χ3v) is 5.80. The number of carboxylic acid groups (broad SMARTS) is 1. The summed E-state index contributed by atoms with van der Waals surface area (Å²) in [4.78, 5) is 21.7. The second-order valence-corrected chi connectivity index (χ2v) is 8.36. The van der Waals surface area contributed by atoms with Crippen LogP contribution in [0, 0.1) is 5.82 Å². The second kappa shape index (κ2) is 10.0. The number of phenols is 1. The van der Waals surface area contributed by atoms with Gasteiger partial charge in [0.05, 0.1) is 11.2 Å². The first-order chi connectivity index (χ1) is 17.9. The summed E-state index contributed by atoms with van der Waals surface area (Å²) in [5, 5.41) is 25.3. The molecule has 5 rings (SSSR count). The van der Waals surface area contributed by atoms with Crippen molar-refractivity contribution in [2.24, 2.45) is 12.8 Å². The highest BCUT2D eigenvalue weighted by atomic mass is 19.4. The standard InChI is InChI=1S/C22H21FN6O2.C2HF3O2/c1-27-11-17(16-9-13(23)3-6-18(16)27)21-25-26-22(31)29(21)20-12-28(8-2-7-24)19-10-14(30)4-5-15(19)20;3-2(4,5)1(6)7/h3-6,9-12,30H,2,7-8,24H2,1H3,(H,26,31);(H,6,7). The van der Waals surface area contributed by atoms with E-state index >= 15 is 0 Å². The average Bonchev–Trinajstić information content (AvgIpc) is 3.50. The van der Waals surface area contributed by atoms with E-state index < -0.39 is 17.8 Å². The Kier molecular flexibility index (Phi) is 7.00. The van der Waals surface area contributed by atoms with E-state index in [0.29, 0.717) is 35.6 Å². The van der Waals surface area contributed by atoms with Crippen LogP contribution in [-0.2, 0) is 18.4 Å². The summed E-state index contributed by atoms with van der Waals surface area (Å²) in [6.07, 6.45) is -0.657. The SMILES string of the molecule is Cn1cc(-c2n[nH]c(=O)n2-c2cn(CCCN)c3cc(O)ccc23)c2cc(F)ccc21.O=C(O)C(F)(F)F. The minimum atomic E-state index is -5.08. The van der Waals surface area contributed by atoms with E-state index in [4.69, 9.17) is 15.6 Å². The number of carboxylic acids is 1. The number of fused-ring (bicyclic) bond motifs is 2. The van der Waals surface area contributed by atoms with Gasteiger partial charge in [-0.3, -0.25) is 0 Å². The van der Waals surface area contributed by atoms with E-state index in [9.17, 15) is 27.5 Å². The number of aromatic amines is 1. The van der Waals surface area contributed by atoms with Crippen molar-refractivity contribution in [3.05, 3.63) is 65.1 Å². The Labute approximate surface area is 211 Å². The fraction of sp³-hybridized carbons (Fsp3) is 0.208. The number of nitrogens with one attached hydrogen (secondary N) is 1. The Morgan fingerprint density at radius 2 is 1.82 bits per heavy atom. The van der Waals surface area contributed by atoms with Gasteiger partial charge in [0.25, 0.3) is 0 Å². The predicted molar refractivity (Wildman–Crippen MR) is 131 cm³/mol. The lowest BCUT2D eigenvalue weighted by Gasteiger charge is -2.04. The zero-order chi connectivity index (χ0) is 27.8. The first kappa shape index (κ1) is 26.5. The second-order valence-electron chi connectivity index (χ2n) is 8.36. The van der Waals surface area contributed by atoms with Gasteiger partial charge in [0, 0.05) is 53.9 Å². The number of aryl methyl sites for hydroxylation is 2. The van der Waals surface area contributed by atoms with E-state index in [-0.39, 0.29) is 11.6 Å². The third kappa shape index (κ3) is 4.98. The number of rotatable bonds is 5. The molecule has 2 aromatic carbocycles. The molecule has 5 aromatic rings. The predicted octanol–water partition coefficient (Wildman–Crippen LogP) is 3.50. The van der Waals surface area contributed by atoms with Crippen LogP contribution in [0.4, 0.5) is 17.6 Å². The molecule has 14 heteroatoms. The lowest BCUT2D eigenvalue weighted by Crippen LogP contribution is -2.21. The van der Waals surface area contributed by atoms with Crippen LogP contribution in [0.5, 0.6) is 5.75 Å². The van der Waals surface area contributed by atoms with Gasteiger partial charge in [0.2, 0.25) is 0 Å². The third-order valence-electron chi connectivity index (χ3n) is 5.80. The molecule has 3 heterocycles. The van der Waals surface area contributed by atoms with Crippen molar-refractivity contribution in [3.63, 3.8) is 0 Å². The van der Waals surface area contributed by atoms with Crippen molar-refractivity contribution in [1.82, 2.24) is 23.9 Å². The van der Waals surface area contributed by atoms with Gasteiger partial charge in [0.15, 0.2) is 5.82 Å². The molecule has 200 valence electrons. The number of aliphatic carboxylic acids is 1. The van der Waals surface area contributed by atoms with Gasteiger partial charge in [0.1, 0.15) is 11.6 Å². The Balaban J connectivity index is 0.000000426. The molecule has 0 aliphatic rings. The number of halogens is 4. The molecule has 5 N–H and O–H groups in total. The van der Waals surface area contributed by atoms with Crippen molar-refractivity contribution < 1.29 is 32.6 Å². The largest absolute Gasteiger partial charge is 0.508 e. The topological polar surface area (TPSA) is 144 Å². The molecule has 0 aliphatic heterocycles. The van der Waals surface area contributed by atoms with Crippen LogP contribution < -0.4 is 11.4 Å². The summed E-state index contributed by atoms with van der Waals surface area (Å²) in [6, 6.07) is 9.55. The number of H-pyrrole nitrogens is 1. The van der Waals surface area contributed by atoms with Crippen molar-refractivity contribution in [3.8, 4) is 22.8 Å². The molecule has 0 radical (unpaired) electrons. The van der Waals surface area contributed by atoms with Gasteiger partial charge >= 0.3 is 17.8 Å². The summed E-state index contributed by atoms with van der Waals surface area (Å²) in [7, 11) is 1.86. The molecule has 0 aliphatic carbocycles. The minimum absolute atomic E-state index is 0.135. The number of phenolic OH excluding ortho intramolecular Hbond substituents is 1. The van der Waals surface area contributed by atoms with E-state index in [1.807, 2.05) is 28.6 Å². The quantitative estimate of drug-likeness (QED) is 0.254. The van der Waals surface area contributed by atoms with E-state index in [1.54, 1.807) is 24.3 Å². The molecule has 0 saturated heterocycles. The number of hydrogen-bond acceptors (Lipinski definition) is 5. The maximum absolute atomic E-state index is 14.0. The molecular formula is C24H22F4N6O4. The van der Waals surface area contributed by atoms with Crippen LogP contribution in [-0.4, -0.2) is 52.8 Å². The Hall–Kier alpha value is -4.59. The maximum Gasteiger partial charge on any atom is 0.490 e.